The molecule has 1 unspecified atom stereocenters. The number of benzene rings is 1. The van der Waals surface area contributed by atoms with Gasteiger partial charge in [0.1, 0.15) is 0 Å². The monoisotopic (exact) mass is 434 g/mol. The lowest BCUT2D eigenvalue weighted by molar-refractivity contribution is -0.265. The first kappa shape index (κ1) is 21.8. The van der Waals surface area contributed by atoms with Crippen LogP contribution in [-0.4, -0.2) is 49.4 Å². The van der Waals surface area contributed by atoms with Crippen molar-refractivity contribution in [3.63, 3.8) is 0 Å². The second kappa shape index (κ2) is 9.82. The molecule has 31 heavy (non-hydrogen) atoms. The van der Waals surface area contributed by atoms with Crippen LogP contribution in [0.3, 0.4) is 0 Å². The van der Waals surface area contributed by atoms with E-state index in [0.29, 0.717) is 39.1 Å². The quantitative estimate of drug-likeness (QED) is 0.568. The molecule has 0 bridgehead atoms. The van der Waals surface area contributed by atoms with E-state index in [0.717, 1.165) is 43.4 Å². The van der Waals surface area contributed by atoms with Crippen LogP contribution in [0.1, 0.15) is 50.5 Å². The summed E-state index contributed by atoms with van der Waals surface area (Å²) in [6, 6.07) is 8.05. The molecule has 10 heteroatoms. The number of hydrogen-bond donors (Lipinski definition) is 2. The molecular formula is C21H30N4O6. The summed E-state index contributed by atoms with van der Waals surface area (Å²) in [4.78, 5) is 41.8. The fourth-order valence-corrected chi connectivity index (χ4v) is 4.28. The molecule has 3 heterocycles. The number of fused-ring (bicyclic) bond motifs is 2. The van der Waals surface area contributed by atoms with Gasteiger partial charge in [0.05, 0.1) is 32.0 Å². The lowest BCUT2D eigenvalue weighted by Crippen LogP contribution is -2.62. The fraction of sp³-hybridized carbons (Fsp3) is 0.619. The average Bonchev–Trinajstić information content (AvgIpc) is 3.10. The van der Waals surface area contributed by atoms with Crippen molar-refractivity contribution in [1.29, 1.82) is 0 Å². The Balaban J connectivity index is 1.21. The maximum absolute atomic E-state index is 12.6. The van der Waals surface area contributed by atoms with E-state index in [9.17, 15) is 9.59 Å². The van der Waals surface area contributed by atoms with E-state index in [-0.39, 0.29) is 12.1 Å². The Labute approximate surface area is 181 Å². The van der Waals surface area contributed by atoms with Crippen LogP contribution in [0.25, 0.3) is 0 Å². The highest BCUT2D eigenvalue weighted by Gasteiger charge is 2.55. The summed E-state index contributed by atoms with van der Waals surface area (Å²) in [5, 5.41) is 1.80. The van der Waals surface area contributed by atoms with Crippen LogP contribution in [0.5, 0.6) is 0 Å². The number of nitrogens with two attached hydrogens (primary N) is 1. The van der Waals surface area contributed by atoms with Crippen molar-refractivity contribution >= 4 is 17.7 Å². The van der Waals surface area contributed by atoms with Crippen molar-refractivity contribution in [2.45, 2.75) is 56.8 Å². The predicted octanol–water partition coefficient (Wildman–Crippen LogP) is 2.09. The number of rotatable bonds is 9. The van der Waals surface area contributed by atoms with Crippen LogP contribution in [0, 0.1) is 0 Å². The lowest BCUT2D eigenvalue weighted by Gasteiger charge is -2.47. The van der Waals surface area contributed by atoms with Gasteiger partial charge < -0.3 is 15.4 Å². The molecule has 1 atom stereocenters. The Hall–Kier alpha value is -2.40. The predicted molar refractivity (Wildman–Crippen MR) is 110 cm³/mol. The number of hydrogen-bond acceptors (Lipinski definition) is 8. The van der Waals surface area contributed by atoms with Gasteiger partial charge in [0.2, 0.25) is 5.91 Å². The molecule has 2 amide bonds. The number of likely N-dealkylation sites (tertiary alicyclic amines) is 1. The van der Waals surface area contributed by atoms with E-state index >= 15 is 0 Å². The van der Waals surface area contributed by atoms with E-state index in [1.54, 1.807) is 5.06 Å². The smallest absolute Gasteiger partial charge is 0.404 e. The van der Waals surface area contributed by atoms with Crippen LogP contribution in [-0.2, 0) is 29.6 Å². The zero-order valence-electron chi connectivity index (χ0n) is 17.6. The Kier molecular flexibility index (Phi) is 6.91. The van der Waals surface area contributed by atoms with Crippen LogP contribution in [0.2, 0.25) is 0 Å². The van der Waals surface area contributed by atoms with Crippen LogP contribution in [0.15, 0.2) is 24.3 Å². The summed E-state index contributed by atoms with van der Waals surface area (Å²) in [6.07, 6.45) is 4.78. The van der Waals surface area contributed by atoms with Crippen molar-refractivity contribution in [2.75, 3.05) is 31.4 Å². The van der Waals surface area contributed by atoms with Gasteiger partial charge in [-0.25, -0.2) is 14.7 Å². The van der Waals surface area contributed by atoms with Crippen LogP contribution in [0.4, 0.5) is 10.5 Å². The number of primary amides is 1. The van der Waals surface area contributed by atoms with Crippen molar-refractivity contribution in [3.8, 4) is 0 Å². The summed E-state index contributed by atoms with van der Waals surface area (Å²) < 4.78 is 4.70. The van der Waals surface area contributed by atoms with Crippen molar-refractivity contribution in [3.05, 3.63) is 29.8 Å². The number of anilines is 1. The number of para-hydroxylation sites is 1. The molecule has 3 N–H and O–H groups in total. The molecule has 2 fully saturated rings. The molecule has 1 spiro atoms. The molecule has 4 rings (SSSR count). The number of carbonyl (C=O) groups is 2. The van der Waals surface area contributed by atoms with Gasteiger partial charge in [0.15, 0.2) is 11.8 Å². The van der Waals surface area contributed by atoms with Gasteiger partial charge in [-0.3, -0.25) is 14.5 Å². The highest BCUT2D eigenvalue weighted by atomic mass is 16.9. The zero-order chi connectivity index (χ0) is 21.7. The molecule has 0 aromatic heterocycles. The Bertz CT molecular complexity index is 779. The third-order valence-electron chi connectivity index (χ3n) is 5.90. The second-order valence-corrected chi connectivity index (χ2v) is 8.16. The largest absolute Gasteiger partial charge is 0.450 e. The first-order valence-corrected chi connectivity index (χ1v) is 10.9. The van der Waals surface area contributed by atoms with Gasteiger partial charge in [-0.15, -0.1) is 0 Å². The Morgan fingerprint density at radius 3 is 2.71 bits per heavy atom. The van der Waals surface area contributed by atoms with E-state index in [4.69, 9.17) is 25.0 Å². The van der Waals surface area contributed by atoms with Crippen molar-refractivity contribution in [1.82, 2.24) is 10.5 Å². The summed E-state index contributed by atoms with van der Waals surface area (Å²) in [7, 11) is 0. The minimum Gasteiger partial charge on any atom is -0.450 e. The van der Waals surface area contributed by atoms with Gasteiger partial charge in [-0.1, -0.05) is 43.1 Å². The maximum Gasteiger partial charge on any atom is 0.404 e. The molecule has 3 aliphatic rings. The molecule has 1 aromatic carbocycles. The zero-order valence-corrected chi connectivity index (χ0v) is 17.6. The normalized spacial score (nSPS) is 21.6. The van der Waals surface area contributed by atoms with Crippen molar-refractivity contribution < 1.29 is 28.8 Å². The SMILES string of the molecule is NC(=O)OCCCCCCCC(=O)N1CC2(C1)ON(C1CCONO1)c1ccccc12. The Morgan fingerprint density at radius 1 is 1.16 bits per heavy atom. The van der Waals surface area contributed by atoms with E-state index < -0.39 is 11.7 Å². The van der Waals surface area contributed by atoms with Gasteiger partial charge in [-0.05, 0) is 18.9 Å². The molecule has 1 aromatic rings. The molecular weight excluding hydrogens is 404 g/mol. The number of ether oxygens (including phenoxy) is 1. The number of carbonyl (C=O) groups excluding carboxylic acids is 2. The molecule has 0 aliphatic carbocycles. The molecule has 10 nitrogen and oxygen atoms in total. The number of amides is 2. The first-order chi connectivity index (χ1) is 15.1. The van der Waals surface area contributed by atoms with Crippen molar-refractivity contribution in [2.24, 2.45) is 5.73 Å². The average molecular weight is 434 g/mol. The van der Waals surface area contributed by atoms with Gasteiger partial charge >= 0.3 is 6.09 Å². The number of hydroxylamine groups is 1. The fourth-order valence-electron chi connectivity index (χ4n) is 4.28. The third-order valence-corrected chi connectivity index (χ3v) is 5.90. The molecule has 3 aliphatic heterocycles. The van der Waals surface area contributed by atoms with E-state index in [1.807, 2.05) is 23.1 Å². The Morgan fingerprint density at radius 2 is 1.94 bits per heavy atom. The molecule has 0 saturated carbocycles. The van der Waals surface area contributed by atoms with Gasteiger partial charge in [0.25, 0.3) is 0 Å². The van der Waals surface area contributed by atoms with Gasteiger partial charge in [-0.2, -0.15) is 0 Å². The minimum absolute atomic E-state index is 0.159. The van der Waals surface area contributed by atoms with Gasteiger partial charge in [0, 0.05) is 18.4 Å². The summed E-state index contributed by atoms with van der Waals surface area (Å²) in [5.74, 6) is 0.159. The van der Waals surface area contributed by atoms with E-state index in [2.05, 4.69) is 11.7 Å². The topological polar surface area (TPSA) is 116 Å². The highest BCUT2D eigenvalue weighted by Crippen LogP contribution is 2.48. The summed E-state index contributed by atoms with van der Waals surface area (Å²) >= 11 is 0. The number of nitrogens with one attached hydrogen (secondary N) is 1. The number of unbranched alkanes of at least 4 members (excludes halogenated alkanes) is 4. The second-order valence-electron chi connectivity index (χ2n) is 8.16. The molecule has 2 saturated heterocycles. The van der Waals surface area contributed by atoms with Crippen LogP contribution < -0.4 is 16.4 Å². The first-order valence-electron chi connectivity index (χ1n) is 10.9. The summed E-state index contributed by atoms with van der Waals surface area (Å²) in [6.45, 7) is 1.97. The highest BCUT2D eigenvalue weighted by molar-refractivity contribution is 5.78. The number of nitrogens with zero attached hydrogens (tertiary/aromatic N) is 2. The van der Waals surface area contributed by atoms with E-state index in [1.165, 1.54) is 0 Å². The third kappa shape index (κ3) is 4.93. The summed E-state index contributed by atoms with van der Waals surface area (Å²) in [5.41, 5.74) is 8.95. The van der Waals surface area contributed by atoms with Crippen LogP contribution >= 0.6 is 0 Å². The minimum atomic E-state index is -0.730. The molecule has 0 radical (unpaired) electrons. The maximum atomic E-state index is 12.6. The standard InChI is InChI=1S/C21H30N4O6/c22-20(27)28-12-7-3-1-2-4-10-18(26)24-14-21(15-24)16-8-5-6-9-17(16)25(31-21)19-11-13-29-23-30-19/h5-6,8-9,19,23H,1-4,7,10-15H2,(H2,22,27). The molecule has 170 valence electrons. The lowest BCUT2D eigenvalue weighted by atomic mass is 9.85.